The fourth-order valence-corrected chi connectivity index (χ4v) is 3.86. The molecule has 164 valence electrons. The highest BCUT2D eigenvalue weighted by Crippen LogP contribution is 2.49. The van der Waals surface area contributed by atoms with E-state index in [4.69, 9.17) is 9.47 Å². The smallest absolute Gasteiger partial charge is 0.253 e. The number of ether oxygens (including phenoxy) is 2. The van der Waals surface area contributed by atoms with Crippen molar-refractivity contribution in [3.8, 4) is 11.5 Å². The molecule has 2 aromatic rings. The normalized spacial score (nSPS) is 16.0. The maximum absolute atomic E-state index is 12.2. The van der Waals surface area contributed by atoms with Crippen LogP contribution in [0.5, 0.6) is 11.5 Å². The van der Waals surface area contributed by atoms with Gasteiger partial charge in [-0.3, -0.25) is 9.79 Å². The summed E-state index contributed by atoms with van der Waals surface area (Å²) in [6.45, 7) is 1.85. The van der Waals surface area contributed by atoms with Crippen LogP contribution < -0.4 is 20.1 Å². The standard InChI is InChI=1S/C24H30N4O3/c1-25-23(26-12-9-17-5-4-6-18(13-17)22(29)28(2)3)27-15-24(10-11-24)19-7-8-20-21(14-19)31-16-30-20/h4-8,13-14H,9-12,15-16H2,1-3H3,(H2,25,26,27). The number of rotatable bonds is 7. The van der Waals surface area contributed by atoms with Crippen LogP contribution in [0.3, 0.4) is 0 Å². The van der Waals surface area contributed by atoms with Crippen LogP contribution in [-0.4, -0.2) is 57.8 Å². The summed E-state index contributed by atoms with van der Waals surface area (Å²) in [6, 6.07) is 14.0. The van der Waals surface area contributed by atoms with Crippen molar-refractivity contribution in [3.63, 3.8) is 0 Å². The molecule has 0 radical (unpaired) electrons. The van der Waals surface area contributed by atoms with Gasteiger partial charge in [0, 0.05) is 45.2 Å². The highest BCUT2D eigenvalue weighted by atomic mass is 16.7. The van der Waals surface area contributed by atoms with Crippen LogP contribution in [0.25, 0.3) is 0 Å². The van der Waals surface area contributed by atoms with Crippen LogP contribution in [0, 0.1) is 0 Å². The SMILES string of the molecule is CN=C(NCCc1cccc(C(=O)N(C)C)c1)NCC1(c2ccc3c(c2)OCO3)CC1. The Labute approximate surface area is 183 Å². The minimum atomic E-state index is 0.0190. The molecule has 0 bridgehead atoms. The lowest BCUT2D eigenvalue weighted by molar-refractivity contribution is 0.0827. The van der Waals surface area contributed by atoms with E-state index in [1.54, 1.807) is 26.0 Å². The summed E-state index contributed by atoms with van der Waals surface area (Å²) in [5.74, 6) is 2.46. The van der Waals surface area contributed by atoms with E-state index in [1.807, 2.05) is 30.3 Å². The number of fused-ring (bicyclic) bond motifs is 1. The number of hydrogen-bond donors (Lipinski definition) is 2. The first-order chi connectivity index (χ1) is 15.0. The van der Waals surface area contributed by atoms with Gasteiger partial charge in [-0.15, -0.1) is 0 Å². The average Bonchev–Trinajstić information content (AvgIpc) is 3.43. The Morgan fingerprint density at radius 1 is 1.10 bits per heavy atom. The van der Waals surface area contributed by atoms with E-state index >= 15 is 0 Å². The topological polar surface area (TPSA) is 75.2 Å². The molecule has 1 saturated carbocycles. The molecule has 31 heavy (non-hydrogen) atoms. The Hall–Kier alpha value is -3.22. The fourth-order valence-electron chi connectivity index (χ4n) is 3.86. The first-order valence-corrected chi connectivity index (χ1v) is 10.7. The molecule has 0 atom stereocenters. The van der Waals surface area contributed by atoms with E-state index in [1.165, 1.54) is 5.56 Å². The predicted octanol–water partition coefficient (Wildman–Crippen LogP) is 2.56. The number of carbonyl (C=O) groups is 1. The number of benzene rings is 2. The summed E-state index contributed by atoms with van der Waals surface area (Å²) >= 11 is 0. The molecule has 4 rings (SSSR count). The maximum Gasteiger partial charge on any atom is 0.253 e. The van der Waals surface area contributed by atoms with Crippen molar-refractivity contribution in [2.45, 2.75) is 24.7 Å². The maximum atomic E-state index is 12.2. The molecule has 7 heteroatoms. The molecule has 7 nitrogen and oxygen atoms in total. The van der Waals surface area contributed by atoms with E-state index in [0.717, 1.165) is 55.4 Å². The molecule has 0 aromatic heterocycles. The lowest BCUT2D eigenvalue weighted by atomic mass is 9.95. The molecular weight excluding hydrogens is 392 g/mol. The molecule has 0 spiro atoms. The van der Waals surface area contributed by atoms with Gasteiger partial charge in [-0.1, -0.05) is 18.2 Å². The number of hydrogen-bond acceptors (Lipinski definition) is 4. The van der Waals surface area contributed by atoms with Crippen LogP contribution in [0.1, 0.15) is 34.3 Å². The van der Waals surface area contributed by atoms with Gasteiger partial charge in [-0.2, -0.15) is 0 Å². The van der Waals surface area contributed by atoms with Crippen molar-refractivity contribution >= 4 is 11.9 Å². The van der Waals surface area contributed by atoms with Crippen molar-refractivity contribution in [2.24, 2.45) is 4.99 Å². The third-order valence-electron chi connectivity index (χ3n) is 5.94. The Morgan fingerprint density at radius 2 is 1.90 bits per heavy atom. The Kier molecular flexibility index (Phi) is 6.02. The van der Waals surface area contributed by atoms with E-state index in [9.17, 15) is 4.79 Å². The monoisotopic (exact) mass is 422 g/mol. The van der Waals surface area contributed by atoms with E-state index in [-0.39, 0.29) is 11.3 Å². The van der Waals surface area contributed by atoms with Crippen molar-refractivity contribution in [2.75, 3.05) is 41.0 Å². The van der Waals surface area contributed by atoms with Gasteiger partial charge in [-0.25, -0.2) is 0 Å². The second-order valence-corrected chi connectivity index (χ2v) is 8.35. The molecule has 0 unspecified atom stereocenters. The summed E-state index contributed by atoms with van der Waals surface area (Å²) in [4.78, 5) is 18.1. The third-order valence-corrected chi connectivity index (χ3v) is 5.94. The highest BCUT2D eigenvalue weighted by Gasteiger charge is 2.44. The lowest BCUT2D eigenvalue weighted by Gasteiger charge is -2.19. The van der Waals surface area contributed by atoms with E-state index in [0.29, 0.717) is 12.4 Å². The molecule has 1 amide bonds. The van der Waals surface area contributed by atoms with Crippen LogP contribution in [0.2, 0.25) is 0 Å². The number of nitrogens with one attached hydrogen (secondary N) is 2. The third kappa shape index (κ3) is 4.76. The van der Waals surface area contributed by atoms with Gasteiger partial charge < -0.3 is 25.0 Å². The quantitative estimate of drug-likeness (QED) is 0.530. The Morgan fingerprint density at radius 3 is 2.65 bits per heavy atom. The van der Waals surface area contributed by atoms with E-state index in [2.05, 4.69) is 27.8 Å². The molecule has 1 fully saturated rings. The van der Waals surface area contributed by atoms with Gasteiger partial charge >= 0.3 is 0 Å². The van der Waals surface area contributed by atoms with E-state index < -0.39 is 0 Å². The average molecular weight is 423 g/mol. The molecule has 1 heterocycles. The van der Waals surface area contributed by atoms with Crippen LogP contribution >= 0.6 is 0 Å². The van der Waals surface area contributed by atoms with Crippen LogP contribution in [-0.2, 0) is 11.8 Å². The van der Waals surface area contributed by atoms with Gasteiger partial charge in [0.1, 0.15) is 0 Å². The van der Waals surface area contributed by atoms with Crippen molar-refractivity contribution in [1.29, 1.82) is 0 Å². The summed E-state index contributed by atoms with van der Waals surface area (Å²) in [5.41, 5.74) is 3.24. The summed E-state index contributed by atoms with van der Waals surface area (Å²) in [5, 5.41) is 6.86. The minimum absolute atomic E-state index is 0.0190. The molecule has 1 aliphatic heterocycles. The van der Waals surface area contributed by atoms with Crippen LogP contribution in [0.4, 0.5) is 0 Å². The Balaban J connectivity index is 1.29. The molecule has 2 aromatic carbocycles. The summed E-state index contributed by atoms with van der Waals surface area (Å²) < 4.78 is 11.0. The fraction of sp³-hybridized carbons (Fsp3) is 0.417. The first-order valence-electron chi connectivity index (χ1n) is 10.7. The van der Waals surface area contributed by atoms with Crippen LogP contribution in [0.15, 0.2) is 47.5 Å². The second-order valence-electron chi connectivity index (χ2n) is 8.35. The number of amides is 1. The van der Waals surface area contributed by atoms with Gasteiger partial charge in [0.2, 0.25) is 6.79 Å². The van der Waals surface area contributed by atoms with Gasteiger partial charge in [0.15, 0.2) is 17.5 Å². The molecule has 2 aliphatic rings. The predicted molar refractivity (Wildman–Crippen MR) is 121 cm³/mol. The molecule has 1 aliphatic carbocycles. The number of nitrogens with zero attached hydrogens (tertiary/aromatic N) is 2. The molecule has 2 N–H and O–H groups in total. The zero-order chi connectivity index (χ0) is 21.8. The lowest BCUT2D eigenvalue weighted by Crippen LogP contribution is -2.42. The van der Waals surface area contributed by atoms with Gasteiger partial charge in [0.25, 0.3) is 5.91 Å². The van der Waals surface area contributed by atoms with Gasteiger partial charge in [0.05, 0.1) is 0 Å². The molecular formula is C24H30N4O3. The van der Waals surface area contributed by atoms with Crippen molar-refractivity contribution in [1.82, 2.24) is 15.5 Å². The number of carbonyl (C=O) groups excluding carboxylic acids is 1. The molecule has 0 saturated heterocycles. The summed E-state index contributed by atoms with van der Waals surface area (Å²) in [6.07, 6.45) is 3.09. The van der Waals surface area contributed by atoms with Gasteiger partial charge in [-0.05, 0) is 54.7 Å². The zero-order valence-corrected chi connectivity index (χ0v) is 18.4. The second kappa shape index (κ2) is 8.88. The first kappa shape index (κ1) is 21.0. The van der Waals surface area contributed by atoms with Crippen molar-refractivity contribution in [3.05, 3.63) is 59.2 Å². The highest BCUT2D eigenvalue weighted by molar-refractivity contribution is 5.94. The van der Waals surface area contributed by atoms with Crippen molar-refractivity contribution < 1.29 is 14.3 Å². The number of aliphatic imine (C=N–C) groups is 1. The zero-order valence-electron chi connectivity index (χ0n) is 18.4. The summed E-state index contributed by atoms with van der Waals surface area (Å²) in [7, 11) is 5.32. The minimum Gasteiger partial charge on any atom is -0.454 e. The number of guanidine groups is 1. The largest absolute Gasteiger partial charge is 0.454 e. The Bertz CT molecular complexity index is 983.